The molecule has 0 saturated carbocycles. The summed E-state index contributed by atoms with van der Waals surface area (Å²) >= 11 is 0. The average molecular weight is 314 g/mol. The number of benzene rings is 1. The molecule has 0 bridgehead atoms. The standard InChI is InChI=1S/C18H22N2O3/c1-3-10-22-14-7-5-13(6-8-14)17(21)19-18-15-11-12(2)4-9-16(15)20-23-18/h5-8,12H,3-4,9-11H2,1-2H3,(H,19,21)/t12-/m1/s1. The zero-order chi connectivity index (χ0) is 16.2. The first-order valence-corrected chi connectivity index (χ1v) is 8.19. The molecule has 5 heteroatoms. The third-order valence-corrected chi connectivity index (χ3v) is 4.11. The number of carbonyl (C=O) groups excluding carboxylic acids is 1. The van der Waals surface area contributed by atoms with Crippen LogP contribution in [0.1, 0.15) is 48.3 Å². The number of fused-ring (bicyclic) bond motifs is 1. The number of anilines is 1. The summed E-state index contributed by atoms with van der Waals surface area (Å²) in [6.07, 6.45) is 3.89. The van der Waals surface area contributed by atoms with Gasteiger partial charge < -0.3 is 9.26 Å². The van der Waals surface area contributed by atoms with Crippen LogP contribution in [0.15, 0.2) is 28.8 Å². The highest BCUT2D eigenvalue weighted by Gasteiger charge is 2.24. The second kappa shape index (κ2) is 6.86. The van der Waals surface area contributed by atoms with E-state index in [1.165, 1.54) is 0 Å². The van der Waals surface area contributed by atoms with Gasteiger partial charge in [-0.15, -0.1) is 0 Å². The van der Waals surface area contributed by atoms with Crippen LogP contribution in [-0.4, -0.2) is 17.7 Å². The first kappa shape index (κ1) is 15.6. The maximum atomic E-state index is 12.4. The number of amides is 1. The number of nitrogens with zero attached hydrogens (tertiary/aromatic N) is 1. The van der Waals surface area contributed by atoms with Crippen molar-refractivity contribution >= 4 is 11.8 Å². The quantitative estimate of drug-likeness (QED) is 0.910. The third-order valence-electron chi connectivity index (χ3n) is 4.11. The molecule has 0 aliphatic heterocycles. The van der Waals surface area contributed by atoms with Crippen molar-refractivity contribution in [3.8, 4) is 5.75 Å². The number of aryl methyl sites for hydroxylation is 1. The Labute approximate surface area is 136 Å². The Morgan fingerprint density at radius 1 is 1.39 bits per heavy atom. The molecule has 1 aliphatic carbocycles. The molecule has 23 heavy (non-hydrogen) atoms. The van der Waals surface area contributed by atoms with Gasteiger partial charge in [0, 0.05) is 11.1 Å². The maximum absolute atomic E-state index is 12.4. The first-order valence-electron chi connectivity index (χ1n) is 8.19. The second-order valence-corrected chi connectivity index (χ2v) is 6.11. The van der Waals surface area contributed by atoms with Crippen LogP contribution in [0.4, 0.5) is 5.88 Å². The van der Waals surface area contributed by atoms with Crippen molar-refractivity contribution < 1.29 is 14.1 Å². The molecule has 0 radical (unpaired) electrons. The van der Waals surface area contributed by atoms with Gasteiger partial charge in [0.2, 0.25) is 5.88 Å². The molecule has 1 heterocycles. The molecule has 5 nitrogen and oxygen atoms in total. The highest BCUT2D eigenvalue weighted by molar-refractivity contribution is 6.03. The molecule has 1 N–H and O–H groups in total. The minimum atomic E-state index is -0.191. The van der Waals surface area contributed by atoms with Crippen LogP contribution in [0.25, 0.3) is 0 Å². The van der Waals surface area contributed by atoms with Gasteiger partial charge in [-0.05, 0) is 55.9 Å². The van der Waals surface area contributed by atoms with E-state index in [9.17, 15) is 4.79 Å². The summed E-state index contributed by atoms with van der Waals surface area (Å²) in [6.45, 7) is 4.94. The lowest BCUT2D eigenvalue weighted by atomic mass is 9.89. The SMILES string of the molecule is CCCOc1ccc(C(=O)Nc2onc3c2C[C@H](C)CC3)cc1. The second-order valence-electron chi connectivity index (χ2n) is 6.11. The van der Waals surface area contributed by atoms with Gasteiger partial charge in [-0.3, -0.25) is 10.1 Å². The molecule has 0 saturated heterocycles. The largest absolute Gasteiger partial charge is 0.494 e. The summed E-state index contributed by atoms with van der Waals surface area (Å²) in [7, 11) is 0. The third kappa shape index (κ3) is 3.55. The zero-order valence-electron chi connectivity index (χ0n) is 13.6. The van der Waals surface area contributed by atoms with Gasteiger partial charge in [0.15, 0.2) is 0 Å². The highest BCUT2D eigenvalue weighted by Crippen LogP contribution is 2.30. The Kier molecular flexibility index (Phi) is 4.65. The van der Waals surface area contributed by atoms with Crippen LogP contribution in [-0.2, 0) is 12.8 Å². The van der Waals surface area contributed by atoms with Crippen molar-refractivity contribution in [2.75, 3.05) is 11.9 Å². The molecule has 0 fully saturated rings. The number of aromatic nitrogens is 1. The predicted molar refractivity (Wildman–Crippen MR) is 87.9 cm³/mol. The number of ether oxygens (including phenoxy) is 1. The fourth-order valence-corrected chi connectivity index (χ4v) is 2.78. The van der Waals surface area contributed by atoms with E-state index in [1.807, 2.05) is 12.1 Å². The van der Waals surface area contributed by atoms with Gasteiger partial charge >= 0.3 is 0 Å². The molecule has 1 aromatic carbocycles. The van der Waals surface area contributed by atoms with Crippen LogP contribution >= 0.6 is 0 Å². The Bertz CT molecular complexity index is 676. The van der Waals surface area contributed by atoms with Crippen LogP contribution in [0, 0.1) is 5.92 Å². The Hall–Kier alpha value is -2.30. The minimum absolute atomic E-state index is 0.191. The fourth-order valence-electron chi connectivity index (χ4n) is 2.78. The lowest BCUT2D eigenvalue weighted by molar-refractivity contribution is 0.102. The molecule has 1 aromatic heterocycles. The number of carbonyl (C=O) groups is 1. The highest BCUT2D eigenvalue weighted by atomic mass is 16.5. The first-order chi connectivity index (χ1) is 11.2. The van der Waals surface area contributed by atoms with E-state index in [2.05, 4.69) is 24.3 Å². The van der Waals surface area contributed by atoms with Gasteiger partial charge in [0.25, 0.3) is 5.91 Å². The summed E-state index contributed by atoms with van der Waals surface area (Å²) in [6, 6.07) is 7.13. The summed E-state index contributed by atoms with van der Waals surface area (Å²) < 4.78 is 10.8. The molecule has 1 atom stereocenters. The lowest BCUT2D eigenvalue weighted by Crippen LogP contribution is -2.15. The Balaban J connectivity index is 1.69. The van der Waals surface area contributed by atoms with Crippen molar-refractivity contribution in [3.05, 3.63) is 41.1 Å². The predicted octanol–water partition coefficient (Wildman–Crippen LogP) is 3.84. The molecule has 1 aliphatic rings. The van der Waals surface area contributed by atoms with E-state index in [0.29, 0.717) is 24.0 Å². The average Bonchev–Trinajstić information content (AvgIpc) is 2.95. The van der Waals surface area contributed by atoms with Crippen molar-refractivity contribution in [1.29, 1.82) is 0 Å². The number of hydrogen-bond acceptors (Lipinski definition) is 4. The van der Waals surface area contributed by atoms with Gasteiger partial charge in [-0.25, -0.2) is 0 Å². The number of nitrogens with one attached hydrogen (secondary N) is 1. The smallest absolute Gasteiger partial charge is 0.258 e. The molecule has 3 rings (SSSR count). The molecule has 0 unspecified atom stereocenters. The Morgan fingerprint density at radius 3 is 2.91 bits per heavy atom. The fraction of sp³-hybridized carbons (Fsp3) is 0.444. The van der Waals surface area contributed by atoms with Crippen LogP contribution in [0.2, 0.25) is 0 Å². The normalized spacial score (nSPS) is 16.7. The zero-order valence-corrected chi connectivity index (χ0v) is 13.6. The summed E-state index contributed by atoms with van der Waals surface area (Å²) in [5.74, 6) is 1.66. The molecule has 1 amide bonds. The van der Waals surface area contributed by atoms with E-state index in [0.717, 1.165) is 42.7 Å². The molecule has 0 spiro atoms. The van der Waals surface area contributed by atoms with Crippen LogP contribution < -0.4 is 10.1 Å². The minimum Gasteiger partial charge on any atom is -0.494 e. The summed E-state index contributed by atoms with van der Waals surface area (Å²) in [4.78, 5) is 12.4. The molecule has 2 aromatic rings. The van der Waals surface area contributed by atoms with E-state index < -0.39 is 0 Å². The monoisotopic (exact) mass is 314 g/mol. The van der Waals surface area contributed by atoms with E-state index in [1.54, 1.807) is 12.1 Å². The number of hydrogen-bond donors (Lipinski definition) is 1. The molecule has 122 valence electrons. The van der Waals surface area contributed by atoms with E-state index in [4.69, 9.17) is 9.26 Å². The lowest BCUT2D eigenvalue weighted by Gasteiger charge is -2.16. The van der Waals surface area contributed by atoms with E-state index in [-0.39, 0.29) is 5.91 Å². The van der Waals surface area contributed by atoms with Crippen molar-refractivity contribution in [2.24, 2.45) is 5.92 Å². The topological polar surface area (TPSA) is 64.4 Å². The van der Waals surface area contributed by atoms with Gasteiger partial charge in [-0.2, -0.15) is 0 Å². The van der Waals surface area contributed by atoms with Crippen molar-refractivity contribution in [3.63, 3.8) is 0 Å². The van der Waals surface area contributed by atoms with Crippen LogP contribution in [0.5, 0.6) is 5.75 Å². The maximum Gasteiger partial charge on any atom is 0.258 e. The summed E-state index contributed by atoms with van der Waals surface area (Å²) in [5, 5.41) is 6.92. The van der Waals surface area contributed by atoms with Gasteiger partial charge in [0.1, 0.15) is 5.75 Å². The number of rotatable bonds is 5. The molecular weight excluding hydrogens is 292 g/mol. The summed E-state index contributed by atoms with van der Waals surface area (Å²) in [5.41, 5.74) is 2.59. The van der Waals surface area contributed by atoms with Gasteiger partial charge in [0.05, 0.1) is 12.3 Å². The van der Waals surface area contributed by atoms with Gasteiger partial charge in [-0.1, -0.05) is 19.0 Å². The van der Waals surface area contributed by atoms with E-state index >= 15 is 0 Å². The Morgan fingerprint density at radius 2 is 2.17 bits per heavy atom. The van der Waals surface area contributed by atoms with Crippen molar-refractivity contribution in [2.45, 2.75) is 39.5 Å². The van der Waals surface area contributed by atoms with Crippen molar-refractivity contribution in [1.82, 2.24) is 5.16 Å². The molecular formula is C18H22N2O3. The van der Waals surface area contributed by atoms with Crippen LogP contribution in [0.3, 0.4) is 0 Å².